The molecule has 1 saturated heterocycles. The number of hydrogen-bond donors (Lipinski definition) is 1. The third-order valence-corrected chi connectivity index (χ3v) is 8.12. The van der Waals surface area contributed by atoms with Gasteiger partial charge in [-0.1, -0.05) is 54.2 Å². The summed E-state index contributed by atoms with van der Waals surface area (Å²) in [5, 5.41) is 9.27. The molecule has 4 rings (SSSR count). The minimum absolute atomic E-state index is 0.0568. The van der Waals surface area contributed by atoms with Crippen LogP contribution in [0.15, 0.2) is 65.9 Å². The lowest BCUT2D eigenvalue weighted by molar-refractivity contribution is -0.153. The summed E-state index contributed by atoms with van der Waals surface area (Å²) in [5.74, 6) is -0.927. The molecule has 34 heavy (non-hydrogen) atoms. The molecule has 2 aliphatic heterocycles. The molecule has 0 bridgehead atoms. The molecule has 2 atom stereocenters. The zero-order chi connectivity index (χ0) is 24.2. The number of carbonyl (C=O) groups excluding carboxylic acids is 3. The third-order valence-electron chi connectivity index (χ3n) is 5.73. The van der Waals surface area contributed by atoms with E-state index in [1.807, 2.05) is 12.1 Å². The summed E-state index contributed by atoms with van der Waals surface area (Å²) < 4.78 is 5.18. The average molecular weight is 498 g/mol. The van der Waals surface area contributed by atoms with Crippen LogP contribution in [0, 0.1) is 5.92 Å². The second-order valence-electron chi connectivity index (χ2n) is 7.99. The second-order valence-corrected chi connectivity index (χ2v) is 10.0. The van der Waals surface area contributed by atoms with E-state index in [0.29, 0.717) is 22.6 Å². The summed E-state index contributed by atoms with van der Waals surface area (Å²) >= 11 is 2.47. The summed E-state index contributed by atoms with van der Waals surface area (Å²) in [6, 6.07) is 16.0. The summed E-state index contributed by atoms with van der Waals surface area (Å²) in [6.45, 7) is 0. The predicted molar refractivity (Wildman–Crippen MR) is 131 cm³/mol. The van der Waals surface area contributed by atoms with Crippen molar-refractivity contribution in [1.82, 2.24) is 4.90 Å². The van der Waals surface area contributed by atoms with Gasteiger partial charge in [0.05, 0.1) is 18.4 Å². The summed E-state index contributed by atoms with van der Waals surface area (Å²) in [6.07, 6.45) is 0.247. The van der Waals surface area contributed by atoms with Crippen LogP contribution in [0.1, 0.15) is 22.3 Å². The van der Waals surface area contributed by atoms with Crippen molar-refractivity contribution >= 4 is 46.3 Å². The number of fused-ring (bicyclic) bond motifs is 1. The fraction of sp³-hybridized carbons (Fsp3) is 0.280. The van der Waals surface area contributed by atoms with Crippen molar-refractivity contribution in [1.29, 1.82) is 0 Å². The van der Waals surface area contributed by atoms with Crippen molar-refractivity contribution in [2.24, 2.45) is 5.92 Å². The quantitative estimate of drug-likeness (QED) is 0.524. The number of thioether (sulfide) groups is 2. The molecular formula is C25H23NO6S2. The first-order valence-electron chi connectivity index (χ1n) is 10.7. The second kappa shape index (κ2) is 10.5. The van der Waals surface area contributed by atoms with E-state index in [4.69, 9.17) is 4.74 Å². The van der Waals surface area contributed by atoms with Crippen molar-refractivity contribution in [3.05, 3.63) is 77.0 Å². The van der Waals surface area contributed by atoms with Crippen molar-refractivity contribution in [2.75, 3.05) is 18.6 Å². The van der Waals surface area contributed by atoms with Gasteiger partial charge < -0.3 is 9.84 Å². The van der Waals surface area contributed by atoms with Gasteiger partial charge in [-0.3, -0.25) is 19.3 Å². The number of Topliss-reactive ketones (excluding diaryl/α,β-unsaturated/α-hetero) is 1. The number of carboxylic acids is 1. The van der Waals surface area contributed by atoms with Crippen LogP contribution < -0.4 is 4.74 Å². The number of methoxy groups -OCH3 is 1. The molecule has 0 unspecified atom stereocenters. The molecule has 2 heterocycles. The van der Waals surface area contributed by atoms with Crippen molar-refractivity contribution in [3.63, 3.8) is 0 Å². The van der Waals surface area contributed by atoms with Crippen LogP contribution in [-0.2, 0) is 20.8 Å². The van der Waals surface area contributed by atoms with Gasteiger partial charge in [0.1, 0.15) is 17.2 Å². The van der Waals surface area contributed by atoms with Crippen molar-refractivity contribution in [2.45, 2.75) is 18.2 Å². The number of amides is 1. The first-order chi connectivity index (χ1) is 16.4. The van der Waals surface area contributed by atoms with Gasteiger partial charge in [0, 0.05) is 29.9 Å². The summed E-state index contributed by atoms with van der Waals surface area (Å²) in [5.41, 5.74) is 1.83. The maximum absolute atomic E-state index is 12.9. The van der Waals surface area contributed by atoms with Crippen LogP contribution in [0.3, 0.4) is 0 Å². The number of ether oxygens (including phenoxy) is 1. The Labute approximate surface area is 205 Å². The van der Waals surface area contributed by atoms with Gasteiger partial charge >= 0.3 is 5.97 Å². The maximum Gasteiger partial charge on any atom is 0.352 e. The molecule has 9 heteroatoms. The van der Waals surface area contributed by atoms with Gasteiger partial charge in [0.25, 0.3) is 0 Å². The Morgan fingerprint density at radius 1 is 1.15 bits per heavy atom. The molecule has 1 fully saturated rings. The van der Waals surface area contributed by atoms with Gasteiger partial charge in [-0.15, -0.1) is 11.8 Å². The highest BCUT2D eigenvalue weighted by Gasteiger charge is 2.53. The van der Waals surface area contributed by atoms with E-state index < -0.39 is 11.9 Å². The highest BCUT2D eigenvalue weighted by Crippen LogP contribution is 2.45. The van der Waals surface area contributed by atoms with Gasteiger partial charge in [-0.05, 0) is 23.3 Å². The molecule has 0 radical (unpaired) electrons. The fourth-order valence-corrected chi connectivity index (χ4v) is 6.46. The Hall–Kier alpha value is -3.04. The Kier molecular flexibility index (Phi) is 7.43. The first kappa shape index (κ1) is 24.1. The minimum atomic E-state index is -1.19. The minimum Gasteiger partial charge on any atom is -0.497 e. The number of nitrogens with zero attached hydrogens (tertiary/aromatic N) is 1. The zero-order valence-corrected chi connectivity index (χ0v) is 20.1. The number of carboxylic acid groups (broad SMARTS) is 1. The summed E-state index contributed by atoms with van der Waals surface area (Å²) in [4.78, 5) is 51.2. The molecule has 7 nitrogen and oxygen atoms in total. The number of β-lactam (4-membered cyclic amide) rings is 1. The monoisotopic (exact) mass is 497 g/mol. The smallest absolute Gasteiger partial charge is 0.352 e. The van der Waals surface area contributed by atoms with Crippen LogP contribution in [0.2, 0.25) is 0 Å². The lowest BCUT2D eigenvalue weighted by atomic mass is 9.89. The molecule has 2 aliphatic rings. The van der Waals surface area contributed by atoms with Gasteiger partial charge in [-0.2, -0.15) is 0 Å². The summed E-state index contributed by atoms with van der Waals surface area (Å²) in [7, 11) is 1.56. The Morgan fingerprint density at radius 3 is 2.62 bits per heavy atom. The molecule has 1 amide bonds. The zero-order valence-electron chi connectivity index (χ0n) is 18.4. The standard InChI is InChI=1S/C25H23NO6S2/c1-32-19-9-5-6-15(11-19)10-18(27)12-20-22(28)26-21(24(29)30)17(13-33-23(20)26)14-34-25(31)16-7-3-2-4-8-16/h2-9,11,20,23H,10,12-14H2,1H3,(H,29,30)/t20-,23-/m1/s1. The van der Waals surface area contributed by atoms with Crippen molar-refractivity contribution < 1.29 is 29.0 Å². The number of carbonyl (C=O) groups is 4. The molecule has 2 aromatic rings. The van der Waals surface area contributed by atoms with E-state index in [-0.39, 0.29) is 46.5 Å². The Morgan fingerprint density at radius 2 is 1.91 bits per heavy atom. The number of benzene rings is 2. The van der Waals surface area contributed by atoms with Crippen LogP contribution in [0.5, 0.6) is 5.75 Å². The van der Waals surface area contributed by atoms with E-state index in [1.54, 1.807) is 49.6 Å². The van der Waals surface area contributed by atoms with E-state index in [0.717, 1.165) is 17.3 Å². The normalized spacial score (nSPS) is 19.3. The molecule has 0 saturated carbocycles. The van der Waals surface area contributed by atoms with Crippen LogP contribution in [0.25, 0.3) is 0 Å². The maximum atomic E-state index is 12.9. The highest BCUT2D eigenvalue weighted by molar-refractivity contribution is 8.14. The van der Waals surface area contributed by atoms with Gasteiger partial charge in [-0.25, -0.2) is 4.79 Å². The number of rotatable bonds is 9. The SMILES string of the molecule is COc1cccc(CC(=O)C[C@@H]2C(=O)N3C(C(=O)O)=C(CSC(=O)c4ccccc4)CS[C@H]23)c1. The number of aliphatic carboxylic acids is 1. The lowest BCUT2D eigenvalue weighted by Gasteiger charge is -2.49. The molecule has 0 aromatic heterocycles. The molecule has 2 aromatic carbocycles. The Bertz CT molecular complexity index is 1160. The highest BCUT2D eigenvalue weighted by atomic mass is 32.2. The largest absolute Gasteiger partial charge is 0.497 e. The van der Waals surface area contributed by atoms with E-state index in [9.17, 15) is 24.3 Å². The molecule has 1 N–H and O–H groups in total. The Balaban J connectivity index is 1.41. The topological polar surface area (TPSA) is 101 Å². The lowest BCUT2D eigenvalue weighted by Crippen LogP contribution is -2.62. The molecular weight excluding hydrogens is 474 g/mol. The van der Waals surface area contributed by atoms with Crippen LogP contribution >= 0.6 is 23.5 Å². The molecule has 0 aliphatic carbocycles. The van der Waals surface area contributed by atoms with Crippen LogP contribution in [-0.4, -0.2) is 56.8 Å². The van der Waals surface area contributed by atoms with Gasteiger partial charge in [0.15, 0.2) is 0 Å². The predicted octanol–water partition coefficient (Wildman–Crippen LogP) is 3.64. The van der Waals surface area contributed by atoms with Crippen molar-refractivity contribution in [3.8, 4) is 5.75 Å². The van der Waals surface area contributed by atoms with E-state index in [1.165, 1.54) is 16.7 Å². The van der Waals surface area contributed by atoms with Crippen LogP contribution in [0.4, 0.5) is 0 Å². The first-order valence-corrected chi connectivity index (χ1v) is 12.7. The fourth-order valence-electron chi connectivity index (χ4n) is 4.07. The number of ketones is 1. The van der Waals surface area contributed by atoms with E-state index >= 15 is 0 Å². The number of hydrogen-bond acceptors (Lipinski definition) is 7. The van der Waals surface area contributed by atoms with Gasteiger partial charge in [0.2, 0.25) is 11.0 Å². The van der Waals surface area contributed by atoms with E-state index in [2.05, 4.69) is 0 Å². The average Bonchev–Trinajstić information content (AvgIpc) is 2.85. The molecule has 0 spiro atoms. The molecule has 176 valence electrons. The third kappa shape index (κ3) is 5.05.